The standard InChI is InChI=1S/C25H25F2N5O/c1-17-24(19-7-8-20(26)21(27)15-19)25-28-22(18-5-3-2-4-6-18)16-23(32(25)29-17)31-11-9-30(10-12-31)13-14-33/h2-8,15-16,33H,9-14H2,1H3. The number of hydrogen-bond acceptors (Lipinski definition) is 5. The number of β-amino-alcohol motifs (C(OH)–C–C–N with tert-alkyl or cyclic N) is 1. The monoisotopic (exact) mass is 449 g/mol. The predicted molar refractivity (Wildman–Crippen MR) is 124 cm³/mol. The smallest absolute Gasteiger partial charge is 0.166 e. The molecule has 4 aromatic rings. The SMILES string of the molecule is Cc1nn2c(N3CCN(CCO)CC3)cc(-c3ccccc3)nc2c1-c1ccc(F)c(F)c1. The lowest BCUT2D eigenvalue weighted by atomic mass is 10.1. The first-order valence-electron chi connectivity index (χ1n) is 11.0. The van der Waals surface area contributed by atoms with Gasteiger partial charge in [-0.2, -0.15) is 9.61 Å². The van der Waals surface area contributed by atoms with E-state index in [2.05, 4.69) is 9.80 Å². The number of halogens is 2. The molecule has 0 bridgehead atoms. The lowest BCUT2D eigenvalue weighted by molar-refractivity contribution is 0.188. The summed E-state index contributed by atoms with van der Waals surface area (Å²) in [6, 6.07) is 15.8. The Morgan fingerprint density at radius 1 is 0.909 bits per heavy atom. The minimum atomic E-state index is -0.898. The van der Waals surface area contributed by atoms with Gasteiger partial charge in [-0.15, -0.1) is 0 Å². The molecule has 3 heterocycles. The van der Waals surface area contributed by atoms with Gasteiger partial charge in [0.1, 0.15) is 5.82 Å². The van der Waals surface area contributed by atoms with Gasteiger partial charge in [-0.05, 0) is 24.6 Å². The topological polar surface area (TPSA) is 56.9 Å². The van der Waals surface area contributed by atoms with Crippen LogP contribution >= 0.6 is 0 Å². The average Bonchev–Trinajstić information content (AvgIpc) is 3.17. The number of nitrogens with zero attached hydrogens (tertiary/aromatic N) is 5. The van der Waals surface area contributed by atoms with E-state index in [9.17, 15) is 13.9 Å². The van der Waals surface area contributed by atoms with Gasteiger partial charge in [0.2, 0.25) is 0 Å². The minimum Gasteiger partial charge on any atom is -0.395 e. The summed E-state index contributed by atoms with van der Waals surface area (Å²) in [5.41, 5.74) is 4.28. The molecule has 170 valence electrons. The summed E-state index contributed by atoms with van der Waals surface area (Å²) in [5.74, 6) is -0.877. The highest BCUT2D eigenvalue weighted by atomic mass is 19.2. The lowest BCUT2D eigenvalue weighted by Gasteiger charge is -2.35. The van der Waals surface area contributed by atoms with Crippen LogP contribution in [0.2, 0.25) is 0 Å². The molecule has 0 radical (unpaired) electrons. The zero-order chi connectivity index (χ0) is 22.9. The molecule has 2 aromatic carbocycles. The molecule has 1 aliphatic heterocycles. The summed E-state index contributed by atoms with van der Waals surface area (Å²) in [6.45, 7) is 5.90. The number of aliphatic hydroxyl groups is 1. The van der Waals surface area contributed by atoms with Crippen molar-refractivity contribution >= 4 is 11.5 Å². The molecule has 1 N–H and O–H groups in total. The summed E-state index contributed by atoms with van der Waals surface area (Å²) in [6.07, 6.45) is 0. The van der Waals surface area contributed by atoms with E-state index < -0.39 is 11.6 Å². The third-order valence-corrected chi connectivity index (χ3v) is 6.14. The Labute approximate surface area is 190 Å². The van der Waals surface area contributed by atoms with Crippen molar-refractivity contribution in [1.82, 2.24) is 19.5 Å². The van der Waals surface area contributed by atoms with Crippen LogP contribution in [-0.4, -0.2) is 63.9 Å². The molecular weight excluding hydrogens is 424 g/mol. The Morgan fingerprint density at radius 3 is 2.36 bits per heavy atom. The highest BCUT2D eigenvalue weighted by Gasteiger charge is 2.23. The first kappa shape index (κ1) is 21.5. The number of benzene rings is 2. The molecule has 6 nitrogen and oxygen atoms in total. The second kappa shape index (κ2) is 8.88. The van der Waals surface area contributed by atoms with Gasteiger partial charge in [-0.1, -0.05) is 36.4 Å². The second-order valence-corrected chi connectivity index (χ2v) is 8.24. The van der Waals surface area contributed by atoms with Crippen molar-refractivity contribution in [3.63, 3.8) is 0 Å². The largest absolute Gasteiger partial charge is 0.395 e. The molecule has 0 unspecified atom stereocenters. The summed E-state index contributed by atoms with van der Waals surface area (Å²) in [7, 11) is 0. The normalized spacial score (nSPS) is 14.8. The highest BCUT2D eigenvalue weighted by molar-refractivity contribution is 5.83. The third-order valence-electron chi connectivity index (χ3n) is 6.14. The number of hydrogen-bond donors (Lipinski definition) is 1. The Balaban J connectivity index is 1.67. The number of aromatic nitrogens is 3. The van der Waals surface area contributed by atoms with Crippen LogP contribution in [0.15, 0.2) is 54.6 Å². The van der Waals surface area contributed by atoms with Gasteiger partial charge in [-0.3, -0.25) is 4.90 Å². The summed E-state index contributed by atoms with van der Waals surface area (Å²) in [5, 5.41) is 14.0. The van der Waals surface area contributed by atoms with Gasteiger partial charge in [0, 0.05) is 49.9 Å². The Bertz CT molecular complexity index is 1280. The summed E-state index contributed by atoms with van der Waals surface area (Å²) in [4.78, 5) is 9.40. The van der Waals surface area contributed by atoms with Crippen LogP contribution in [0.5, 0.6) is 0 Å². The van der Waals surface area contributed by atoms with Crippen LogP contribution in [0.25, 0.3) is 28.0 Å². The van der Waals surface area contributed by atoms with E-state index in [1.807, 2.05) is 43.3 Å². The fraction of sp³-hybridized carbons (Fsp3) is 0.280. The van der Waals surface area contributed by atoms with Crippen molar-refractivity contribution in [3.05, 3.63) is 71.9 Å². The van der Waals surface area contributed by atoms with Crippen LogP contribution in [-0.2, 0) is 0 Å². The van der Waals surface area contributed by atoms with Crippen LogP contribution in [0.1, 0.15) is 5.69 Å². The Morgan fingerprint density at radius 2 is 1.67 bits per heavy atom. The molecule has 8 heteroatoms. The molecule has 0 atom stereocenters. The van der Waals surface area contributed by atoms with E-state index >= 15 is 0 Å². The number of fused-ring (bicyclic) bond motifs is 1. The summed E-state index contributed by atoms with van der Waals surface area (Å²) >= 11 is 0. The third kappa shape index (κ3) is 4.07. The maximum absolute atomic E-state index is 14.1. The maximum atomic E-state index is 14.1. The van der Waals surface area contributed by atoms with E-state index in [0.29, 0.717) is 29.0 Å². The van der Waals surface area contributed by atoms with Crippen LogP contribution in [0.3, 0.4) is 0 Å². The highest BCUT2D eigenvalue weighted by Crippen LogP contribution is 2.33. The van der Waals surface area contributed by atoms with E-state index in [1.165, 1.54) is 6.07 Å². The molecule has 0 amide bonds. The van der Waals surface area contributed by atoms with Crippen molar-refractivity contribution in [2.24, 2.45) is 0 Å². The molecular formula is C25H25F2N5O. The van der Waals surface area contributed by atoms with Crippen molar-refractivity contribution in [1.29, 1.82) is 0 Å². The van der Waals surface area contributed by atoms with E-state index in [1.54, 1.807) is 10.6 Å². The molecule has 5 rings (SSSR count). The quantitative estimate of drug-likeness (QED) is 0.503. The predicted octanol–water partition coefficient (Wildman–Crippen LogP) is 3.76. The second-order valence-electron chi connectivity index (χ2n) is 8.24. The van der Waals surface area contributed by atoms with Gasteiger partial charge in [-0.25, -0.2) is 13.8 Å². The molecule has 1 fully saturated rings. The Hall–Kier alpha value is -3.36. The summed E-state index contributed by atoms with van der Waals surface area (Å²) < 4.78 is 29.5. The minimum absolute atomic E-state index is 0.146. The van der Waals surface area contributed by atoms with Crippen LogP contribution in [0.4, 0.5) is 14.6 Å². The number of anilines is 1. The zero-order valence-electron chi connectivity index (χ0n) is 18.4. The molecule has 33 heavy (non-hydrogen) atoms. The van der Waals surface area contributed by atoms with Crippen LogP contribution in [0, 0.1) is 18.6 Å². The number of piperazine rings is 1. The maximum Gasteiger partial charge on any atom is 0.166 e. The molecule has 0 saturated carbocycles. The molecule has 1 aliphatic rings. The van der Waals surface area contributed by atoms with E-state index in [-0.39, 0.29) is 6.61 Å². The van der Waals surface area contributed by atoms with Crippen molar-refractivity contribution in [2.45, 2.75) is 6.92 Å². The number of rotatable bonds is 5. The first-order chi connectivity index (χ1) is 16.0. The van der Waals surface area contributed by atoms with Gasteiger partial charge in [0.25, 0.3) is 0 Å². The molecule has 0 aliphatic carbocycles. The Kier molecular flexibility index (Phi) is 5.78. The van der Waals surface area contributed by atoms with Crippen molar-refractivity contribution < 1.29 is 13.9 Å². The van der Waals surface area contributed by atoms with Crippen molar-refractivity contribution in [3.8, 4) is 22.4 Å². The van der Waals surface area contributed by atoms with Gasteiger partial charge >= 0.3 is 0 Å². The van der Waals surface area contributed by atoms with Crippen molar-refractivity contribution in [2.75, 3.05) is 44.2 Å². The first-order valence-corrected chi connectivity index (χ1v) is 11.0. The number of aliphatic hydroxyl groups excluding tert-OH is 1. The molecule has 1 saturated heterocycles. The van der Waals surface area contributed by atoms with Gasteiger partial charge < -0.3 is 10.0 Å². The number of aryl methyl sites for hydroxylation is 1. The van der Waals surface area contributed by atoms with E-state index in [4.69, 9.17) is 10.1 Å². The van der Waals surface area contributed by atoms with Gasteiger partial charge in [0.05, 0.1) is 18.0 Å². The van der Waals surface area contributed by atoms with E-state index in [0.717, 1.165) is 49.3 Å². The van der Waals surface area contributed by atoms with Gasteiger partial charge in [0.15, 0.2) is 17.3 Å². The fourth-order valence-corrected chi connectivity index (χ4v) is 4.42. The lowest BCUT2D eigenvalue weighted by Crippen LogP contribution is -2.47. The fourth-order valence-electron chi connectivity index (χ4n) is 4.42. The average molecular weight is 450 g/mol. The zero-order valence-corrected chi connectivity index (χ0v) is 18.4. The molecule has 0 spiro atoms. The van der Waals surface area contributed by atoms with Crippen LogP contribution < -0.4 is 4.90 Å². The molecule has 2 aromatic heterocycles.